The molecule has 0 saturated carbocycles. The average molecular weight is 448 g/mol. The minimum atomic E-state index is -4.19. The maximum atomic E-state index is 12.5. The number of benzene rings is 1. The van der Waals surface area contributed by atoms with Crippen LogP contribution >= 0.6 is 0 Å². The zero-order valence-corrected chi connectivity index (χ0v) is 18.1. The number of hydrogen-bond acceptors (Lipinski definition) is 4. The van der Waals surface area contributed by atoms with Crippen LogP contribution in [0.3, 0.4) is 0 Å². The van der Waals surface area contributed by atoms with Gasteiger partial charge in [-0.25, -0.2) is 4.79 Å². The number of likely N-dealkylation sites (tertiary alicyclic amines) is 1. The van der Waals surface area contributed by atoms with Crippen LogP contribution in [0.2, 0.25) is 0 Å². The van der Waals surface area contributed by atoms with E-state index in [4.69, 9.17) is 4.74 Å². The van der Waals surface area contributed by atoms with Crippen LogP contribution in [0.5, 0.6) is 5.75 Å². The lowest BCUT2D eigenvalue weighted by Gasteiger charge is -2.33. The number of anilines is 1. The number of alkyl halides is 3. The Labute approximate surface area is 185 Å². The predicted molar refractivity (Wildman–Crippen MR) is 116 cm³/mol. The number of nitrogens with one attached hydrogen (secondary N) is 1. The summed E-state index contributed by atoms with van der Waals surface area (Å²) >= 11 is 0. The van der Waals surface area contributed by atoms with Crippen LogP contribution in [-0.4, -0.2) is 47.0 Å². The largest absolute Gasteiger partial charge is 0.493 e. The first kappa shape index (κ1) is 23.6. The molecule has 1 aliphatic rings. The Morgan fingerprint density at radius 1 is 1.34 bits per heavy atom. The normalized spacial score (nSPS) is 19.0. The molecule has 6 nitrogen and oxygen atoms in total. The minimum Gasteiger partial charge on any atom is -0.493 e. The Kier molecular flexibility index (Phi) is 7.71. The number of nitrogens with zero attached hydrogens (tertiary/aromatic N) is 3. The van der Waals surface area contributed by atoms with Gasteiger partial charge in [0.2, 0.25) is 0 Å². The molecule has 2 heterocycles. The van der Waals surface area contributed by atoms with Crippen LogP contribution in [0.1, 0.15) is 32.3 Å². The summed E-state index contributed by atoms with van der Waals surface area (Å²) in [4.78, 5) is 14.2. The van der Waals surface area contributed by atoms with E-state index in [0.29, 0.717) is 24.7 Å². The zero-order valence-electron chi connectivity index (χ0n) is 18.1. The van der Waals surface area contributed by atoms with Crippen LogP contribution < -0.4 is 10.1 Å². The number of urea groups is 1. The Hall–Kier alpha value is -3.10. The third-order valence-corrected chi connectivity index (χ3v) is 5.22. The minimum absolute atomic E-state index is 0.00575. The second-order valence-electron chi connectivity index (χ2n) is 8.16. The Balaban J connectivity index is 1.56. The SMILES string of the molecule is CC(COc1cccc(/C=C2\CCN(C(=O)Nc3cccnn3)CC2C)c1)CC(F)(F)F. The van der Waals surface area contributed by atoms with E-state index in [1.54, 1.807) is 29.3 Å². The second-order valence-corrected chi connectivity index (χ2v) is 8.16. The van der Waals surface area contributed by atoms with E-state index in [-0.39, 0.29) is 18.6 Å². The number of ether oxygens (including phenoxy) is 1. The maximum Gasteiger partial charge on any atom is 0.389 e. The van der Waals surface area contributed by atoms with Gasteiger partial charge >= 0.3 is 12.2 Å². The molecule has 2 unspecified atom stereocenters. The Bertz CT molecular complexity index is 934. The molecular formula is C23H27F3N4O2. The van der Waals surface area contributed by atoms with Crippen molar-refractivity contribution in [3.63, 3.8) is 0 Å². The van der Waals surface area contributed by atoms with Gasteiger partial charge in [0.25, 0.3) is 0 Å². The molecule has 1 aromatic heterocycles. The summed E-state index contributed by atoms with van der Waals surface area (Å²) < 4.78 is 43.0. The highest BCUT2D eigenvalue weighted by molar-refractivity contribution is 5.88. The first-order valence-electron chi connectivity index (χ1n) is 10.5. The fourth-order valence-electron chi connectivity index (χ4n) is 3.61. The lowest BCUT2D eigenvalue weighted by molar-refractivity contribution is -0.145. The molecule has 172 valence electrons. The summed E-state index contributed by atoms with van der Waals surface area (Å²) in [5.74, 6) is 0.497. The molecule has 1 N–H and O–H groups in total. The van der Waals surface area contributed by atoms with Crippen molar-refractivity contribution >= 4 is 17.9 Å². The van der Waals surface area contributed by atoms with E-state index in [1.807, 2.05) is 18.2 Å². The van der Waals surface area contributed by atoms with Crippen molar-refractivity contribution in [2.24, 2.45) is 11.8 Å². The molecule has 9 heteroatoms. The summed E-state index contributed by atoms with van der Waals surface area (Å²) in [5, 5.41) is 10.4. The molecule has 0 spiro atoms. The van der Waals surface area contributed by atoms with Crippen molar-refractivity contribution in [2.45, 2.75) is 32.9 Å². The number of carbonyl (C=O) groups is 1. The molecule has 2 atom stereocenters. The van der Waals surface area contributed by atoms with E-state index >= 15 is 0 Å². The van der Waals surface area contributed by atoms with Gasteiger partial charge in [0.15, 0.2) is 5.82 Å². The topological polar surface area (TPSA) is 67.3 Å². The molecule has 3 rings (SSSR count). The molecule has 2 amide bonds. The van der Waals surface area contributed by atoms with E-state index < -0.39 is 18.5 Å². The van der Waals surface area contributed by atoms with Crippen LogP contribution in [-0.2, 0) is 0 Å². The lowest BCUT2D eigenvalue weighted by atomic mass is 9.91. The summed E-state index contributed by atoms with van der Waals surface area (Å²) in [7, 11) is 0. The van der Waals surface area contributed by atoms with E-state index in [9.17, 15) is 18.0 Å². The van der Waals surface area contributed by atoms with E-state index in [2.05, 4.69) is 28.5 Å². The number of aromatic nitrogens is 2. The van der Waals surface area contributed by atoms with Gasteiger partial charge in [0, 0.05) is 25.7 Å². The number of piperidine rings is 1. The first-order chi connectivity index (χ1) is 15.2. The van der Waals surface area contributed by atoms with Gasteiger partial charge in [0.1, 0.15) is 5.75 Å². The Morgan fingerprint density at radius 2 is 2.16 bits per heavy atom. The summed E-state index contributed by atoms with van der Waals surface area (Å²) in [6.45, 7) is 4.74. The summed E-state index contributed by atoms with van der Waals surface area (Å²) in [6, 6.07) is 10.5. The van der Waals surface area contributed by atoms with Crippen LogP contribution in [0, 0.1) is 11.8 Å². The van der Waals surface area contributed by atoms with Crippen molar-refractivity contribution in [3.8, 4) is 5.75 Å². The van der Waals surface area contributed by atoms with Crippen molar-refractivity contribution in [2.75, 3.05) is 25.0 Å². The number of rotatable bonds is 6. The highest BCUT2D eigenvalue weighted by Gasteiger charge is 2.30. The van der Waals surface area contributed by atoms with Crippen LogP contribution in [0.4, 0.5) is 23.8 Å². The number of carbonyl (C=O) groups excluding carboxylic acids is 1. The van der Waals surface area contributed by atoms with Gasteiger partial charge in [-0.1, -0.05) is 37.6 Å². The van der Waals surface area contributed by atoms with Crippen LogP contribution in [0.15, 0.2) is 48.2 Å². The fraction of sp³-hybridized carbons (Fsp3) is 0.435. The number of halogens is 3. The summed E-state index contributed by atoms with van der Waals surface area (Å²) in [5.41, 5.74) is 2.13. The molecule has 1 saturated heterocycles. The molecule has 0 bridgehead atoms. The molecule has 32 heavy (non-hydrogen) atoms. The van der Waals surface area contributed by atoms with Gasteiger partial charge in [-0.05, 0) is 48.1 Å². The molecule has 1 aliphatic heterocycles. The van der Waals surface area contributed by atoms with Crippen molar-refractivity contribution in [3.05, 3.63) is 53.7 Å². The number of hydrogen-bond donors (Lipinski definition) is 1. The third-order valence-electron chi connectivity index (χ3n) is 5.22. The van der Waals surface area contributed by atoms with Gasteiger partial charge in [-0.2, -0.15) is 18.3 Å². The fourth-order valence-corrected chi connectivity index (χ4v) is 3.61. The van der Waals surface area contributed by atoms with Crippen molar-refractivity contribution in [1.29, 1.82) is 0 Å². The third kappa shape index (κ3) is 7.25. The highest BCUT2D eigenvalue weighted by Crippen LogP contribution is 2.28. The van der Waals surface area contributed by atoms with Gasteiger partial charge < -0.3 is 9.64 Å². The summed E-state index contributed by atoms with van der Waals surface area (Å²) in [6.07, 6.45) is -0.725. The van der Waals surface area contributed by atoms with Crippen molar-refractivity contribution < 1.29 is 22.7 Å². The van der Waals surface area contributed by atoms with E-state index in [0.717, 1.165) is 12.0 Å². The average Bonchev–Trinajstić information content (AvgIpc) is 2.73. The molecular weight excluding hydrogens is 421 g/mol. The maximum absolute atomic E-state index is 12.5. The van der Waals surface area contributed by atoms with E-state index in [1.165, 1.54) is 12.5 Å². The smallest absolute Gasteiger partial charge is 0.389 e. The molecule has 0 radical (unpaired) electrons. The van der Waals surface area contributed by atoms with Crippen LogP contribution in [0.25, 0.3) is 6.08 Å². The molecule has 1 aromatic carbocycles. The van der Waals surface area contributed by atoms with Gasteiger partial charge in [-0.3, -0.25) is 5.32 Å². The molecule has 1 fully saturated rings. The quantitative estimate of drug-likeness (QED) is 0.643. The standard InChI is InChI=1S/C23H27F3N4O2/c1-16(13-23(24,25)26)15-32-20-6-3-5-18(12-20)11-19-8-10-30(14-17(19)2)22(31)28-21-7-4-9-27-29-21/h3-7,9,11-12,16-17H,8,10,13-15H2,1-2H3,(H,28,29,31)/b19-11+. The van der Waals surface area contributed by atoms with Gasteiger partial charge in [-0.15, -0.1) is 5.10 Å². The molecule has 2 aromatic rings. The first-order valence-corrected chi connectivity index (χ1v) is 10.5. The molecule has 0 aliphatic carbocycles. The highest BCUT2D eigenvalue weighted by atomic mass is 19.4. The zero-order chi connectivity index (χ0) is 23.1. The second kappa shape index (κ2) is 10.5. The lowest BCUT2D eigenvalue weighted by Crippen LogP contribution is -2.42. The Morgan fingerprint density at radius 3 is 2.84 bits per heavy atom. The van der Waals surface area contributed by atoms with Gasteiger partial charge in [0.05, 0.1) is 6.61 Å². The predicted octanol–water partition coefficient (Wildman–Crippen LogP) is 5.40. The van der Waals surface area contributed by atoms with Crippen molar-refractivity contribution in [1.82, 2.24) is 15.1 Å². The number of amides is 2. The monoisotopic (exact) mass is 448 g/mol.